The highest BCUT2D eigenvalue weighted by molar-refractivity contribution is 7.86. The summed E-state index contributed by atoms with van der Waals surface area (Å²) in [5.74, 6) is 0.309. The molecule has 3 atom stereocenters. The molecule has 1 fully saturated rings. The van der Waals surface area contributed by atoms with Gasteiger partial charge in [0, 0.05) is 31.5 Å². The summed E-state index contributed by atoms with van der Waals surface area (Å²) >= 11 is 6.22. The Bertz CT molecular complexity index is 1050. The minimum Gasteiger partial charge on any atom is -0.298 e. The maximum atomic E-state index is 12.7. The van der Waals surface area contributed by atoms with Crippen molar-refractivity contribution < 1.29 is 12.6 Å². The molecule has 1 saturated heterocycles. The smallest absolute Gasteiger partial charge is 0.296 e. The molecule has 1 aliphatic heterocycles. The van der Waals surface area contributed by atoms with Crippen molar-refractivity contribution in [1.29, 1.82) is 0 Å². The van der Waals surface area contributed by atoms with Crippen LogP contribution in [-0.4, -0.2) is 38.4 Å². The summed E-state index contributed by atoms with van der Waals surface area (Å²) in [4.78, 5) is 2.59. The highest BCUT2D eigenvalue weighted by atomic mass is 35.5. The fraction of sp³-hybridized carbons (Fsp3) is 0.360. The van der Waals surface area contributed by atoms with Crippen LogP contribution in [0.4, 0.5) is 0 Å². The van der Waals surface area contributed by atoms with E-state index in [2.05, 4.69) is 29.2 Å². The van der Waals surface area contributed by atoms with Crippen molar-refractivity contribution in [3.05, 3.63) is 89.5 Å². The number of rotatable bonds is 7. The van der Waals surface area contributed by atoms with E-state index in [9.17, 15) is 8.42 Å². The fourth-order valence-corrected chi connectivity index (χ4v) is 5.43. The topological polar surface area (TPSA) is 46.6 Å². The van der Waals surface area contributed by atoms with Crippen LogP contribution in [0.3, 0.4) is 0 Å². The monoisotopic (exact) mass is 457 g/mol. The van der Waals surface area contributed by atoms with Crippen LogP contribution in [0.5, 0.6) is 0 Å². The van der Waals surface area contributed by atoms with Crippen LogP contribution in [0.15, 0.2) is 83.3 Å². The van der Waals surface area contributed by atoms with E-state index in [1.807, 2.05) is 31.2 Å². The zero-order chi connectivity index (χ0) is 21.8. The number of allylic oxidation sites excluding steroid dienone is 3. The molecule has 0 N–H and O–H groups in total. The first-order valence-electron chi connectivity index (χ1n) is 10.7. The van der Waals surface area contributed by atoms with E-state index in [0.717, 1.165) is 31.6 Å². The molecule has 1 heterocycles. The van der Waals surface area contributed by atoms with Crippen LogP contribution in [0.25, 0.3) is 0 Å². The van der Waals surface area contributed by atoms with Crippen molar-refractivity contribution in [2.45, 2.75) is 30.2 Å². The van der Waals surface area contributed by atoms with Gasteiger partial charge >= 0.3 is 0 Å². The quantitative estimate of drug-likeness (QED) is 0.436. The van der Waals surface area contributed by atoms with Gasteiger partial charge in [-0.2, -0.15) is 8.42 Å². The number of aryl methyl sites for hydroxylation is 1. The van der Waals surface area contributed by atoms with Crippen molar-refractivity contribution in [3.63, 3.8) is 0 Å². The molecule has 0 saturated carbocycles. The third-order valence-electron chi connectivity index (χ3n) is 6.02. The zero-order valence-electron chi connectivity index (χ0n) is 17.7. The van der Waals surface area contributed by atoms with Crippen LogP contribution in [0, 0.1) is 18.8 Å². The van der Waals surface area contributed by atoms with Crippen molar-refractivity contribution in [2.75, 3.05) is 19.7 Å². The minimum atomic E-state index is -3.78. The summed E-state index contributed by atoms with van der Waals surface area (Å²) in [6.07, 6.45) is 7.12. The van der Waals surface area contributed by atoms with Crippen LogP contribution in [0.2, 0.25) is 0 Å². The molecular formula is C25H28ClNO3S. The number of benzene rings is 2. The van der Waals surface area contributed by atoms with E-state index in [4.69, 9.17) is 15.8 Å². The van der Waals surface area contributed by atoms with Gasteiger partial charge in [0.2, 0.25) is 0 Å². The summed E-state index contributed by atoms with van der Waals surface area (Å²) in [6, 6.07) is 17.1. The summed E-state index contributed by atoms with van der Waals surface area (Å²) in [7, 11) is -3.78. The molecule has 31 heavy (non-hydrogen) atoms. The summed E-state index contributed by atoms with van der Waals surface area (Å²) in [5, 5.41) is 0.0298. The standard InChI is InChI=1S/C25H28ClNO3S/c1-19-7-13-24(14-8-19)31(28,29)30-18-22-16-27(15-20-5-3-2-4-6-20)17-25(22)21-9-11-23(26)12-10-21/h2-11,13-14,22-23,25H,12,15-18H2,1H3. The van der Waals surface area contributed by atoms with Gasteiger partial charge in [-0.15, -0.1) is 11.6 Å². The van der Waals surface area contributed by atoms with Gasteiger partial charge in [0.1, 0.15) is 0 Å². The lowest BCUT2D eigenvalue weighted by atomic mass is 9.86. The van der Waals surface area contributed by atoms with Crippen LogP contribution in [0.1, 0.15) is 17.5 Å². The highest BCUT2D eigenvalue weighted by Crippen LogP contribution is 2.34. The fourth-order valence-electron chi connectivity index (χ4n) is 4.31. The third-order valence-corrected chi connectivity index (χ3v) is 7.64. The lowest BCUT2D eigenvalue weighted by molar-refractivity contribution is 0.232. The average Bonchev–Trinajstić information content (AvgIpc) is 3.16. The number of hydrogen-bond acceptors (Lipinski definition) is 4. The Labute approximate surface area is 190 Å². The van der Waals surface area contributed by atoms with Gasteiger partial charge in [-0.05, 0) is 36.6 Å². The normalized spacial score (nSPS) is 24.3. The second-order valence-corrected chi connectivity index (χ2v) is 10.6. The van der Waals surface area contributed by atoms with E-state index in [1.54, 1.807) is 24.3 Å². The Morgan fingerprint density at radius 1 is 1.06 bits per heavy atom. The van der Waals surface area contributed by atoms with Crippen LogP contribution >= 0.6 is 11.6 Å². The lowest BCUT2D eigenvalue weighted by Crippen LogP contribution is -2.23. The van der Waals surface area contributed by atoms with Gasteiger partial charge in [0.05, 0.1) is 16.9 Å². The Hall–Kier alpha value is -1.92. The predicted molar refractivity (Wildman–Crippen MR) is 124 cm³/mol. The van der Waals surface area contributed by atoms with Crippen molar-refractivity contribution in [2.24, 2.45) is 11.8 Å². The third kappa shape index (κ3) is 5.66. The number of likely N-dealkylation sites (tertiary alicyclic amines) is 1. The zero-order valence-corrected chi connectivity index (χ0v) is 19.2. The molecule has 2 aromatic rings. The largest absolute Gasteiger partial charge is 0.298 e. The number of alkyl halides is 1. The maximum absolute atomic E-state index is 12.7. The Kier molecular flexibility index (Phi) is 6.97. The second-order valence-electron chi connectivity index (χ2n) is 8.41. The van der Waals surface area contributed by atoms with Gasteiger partial charge < -0.3 is 0 Å². The van der Waals surface area contributed by atoms with Gasteiger partial charge in [-0.3, -0.25) is 9.08 Å². The summed E-state index contributed by atoms with van der Waals surface area (Å²) < 4.78 is 31.0. The molecule has 1 aliphatic carbocycles. The Morgan fingerprint density at radius 2 is 1.81 bits per heavy atom. The lowest BCUT2D eigenvalue weighted by Gasteiger charge is -2.22. The molecule has 0 spiro atoms. The molecule has 0 amide bonds. The predicted octanol–water partition coefficient (Wildman–Crippen LogP) is 4.94. The van der Waals surface area contributed by atoms with Crippen molar-refractivity contribution in [3.8, 4) is 0 Å². The van der Waals surface area contributed by atoms with Crippen LogP contribution in [-0.2, 0) is 20.8 Å². The molecule has 164 valence electrons. The van der Waals surface area contributed by atoms with Crippen molar-refractivity contribution in [1.82, 2.24) is 4.90 Å². The molecule has 4 nitrogen and oxygen atoms in total. The average molecular weight is 458 g/mol. The molecule has 0 aromatic heterocycles. The highest BCUT2D eigenvalue weighted by Gasteiger charge is 2.36. The Morgan fingerprint density at radius 3 is 2.48 bits per heavy atom. The number of halogens is 1. The molecule has 6 heteroatoms. The van der Waals surface area contributed by atoms with E-state index in [0.29, 0.717) is 0 Å². The number of hydrogen-bond donors (Lipinski definition) is 0. The molecule has 2 aromatic carbocycles. The minimum absolute atomic E-state index is 0.0298. The first-order valence-corrected chi connectivity index (χ1v) is 12.5. The van der Waals surface area contributed by atoms with E-state index in [-0.39, 0.29) is 28.7 Å². The molecular weight excluding hydrogens is 430 g/mol. The van der Waals surface area contributed by atoms with E-state index in [1.165, 1.54) is 11.1 Å². The molecule has 0 bridgehead atoms. The molecule has 3 unspecified atom stereocenters. The van der Waals surface area contributed by atoms with Gasteiger partial charge in [-0.1, -0.05) is 66.3 Å². The molecule has 4 rings (SSSR count). The number of nitrogens with zero attached hydrogens (tertiary/aromatic N) is 1. The van der Waals surface area contributed by atoms with E-state index < -0.39 is 10.1 Å². The first-order chi connectivity index (χ1) is 14.9. The SMILES string of the molecule is Cc1ccc(S(=O)(=O)OCC2CN(Cc3ccccc3)CC2C2=CCC(Cl)C=C2)cc1. The maximum Gasteiger partial charge on any atom is 0.296 e. The summed E-state index contributed by atoms with van der Waals surface area (Å²) in [5.41, 5.74) is 3.50. The molecule has 2 aliphatic rings. The first kappa shape index (κ1) is 22.3. The summed E-state index contributed by atoms with van der Waals surface area (Å²) in [6.45, 7) is 4.60. The Balaban J connectivity index is 1.48. The van der Waals surface area contributed by atoms with Crippen LogP contribution < -0.4 is 0 Å². The molecule has 0 radical (unpaired) electrons. The van der Waals surface area contributed by atoms with Gasteiger partial charge in [0.25, 0.3) is 10.1 Å². The van der Waals surface area contributed by atoms with Gasteiger partial charge in [-0.25, -0.2) is 0 Å². The second kappa shape index (κ2) is 9.70. The van der Waals surface area contributed by atoms with E-state index >= 15 is 0 Å². The van der Waals surface area contributed by atoms with Gasteiger partial charge in [0.15, 0.2) is 0 Å². The van der Waals surface area contributed by atoms with Crippen molar-refractivity contribution >= 4 is 21.7 Å².